The van der Waals surface area contributed by atoms with E-state index in [0.29, 0.717) is 16.9 Å². The number of nitrogen functional groups attached to an aromatic ring is 1. The fraction of sp³-hybridized carbons (Fsp3) is 0. The zero-order chi connectivity index (χ0) is 16.2. The number of nitrogens with two attached hydrogens (primary N) is 1. The lowest BCUT2D eigenvalue weighted by atomic mass is 10.2. The molecule has 0 radical (unpaired) electrons. The molecule has 114 valence electrons. The fourth-order valence-electron chi connectivity index (χ4n) is 1.69. The van der Waals surface area contributed by atoms with Gasteiger partial charge in [-0.2, -0.15) is 0 Å². The Morgan fingerprint density at radius 1 is 1.05 bits per heavy atom. The van der Waals surface area contributed by atoms with Gasteiger partial charge in [-0.15, -0.1) is 0 Å². The van der Waals surface area contributed by atoms with Gasteiger partial charge < -0.3 is 10.8 Å². The summed E-state index contributed by atoms with van der Waals surface area (Å²) in [4.78, 5) is 10.5. The van der Waals surface area contributed by atoms with Gasteiger partial charge in [0.2, 0.25) is 0 Å². The highest BCUT2D eigenvalue weighted by molar-refractivity contribution is 7.92. The Hall–Kier alpha value is -2.80. The third-order valence-corrected chi connectivity index (χ3v) is 4.17. The second-order valence-corrected chi connectivity index (χ2v) is 6.15. The van der Waals surface area contributed by atoms with E-state index in [-0.39, 0.29) is 4.90 Å². The summed E-state index contributed by atoms with van der Waals surface area (Å²) in [6.07, 6.45) is 2.42. The summed E-state index contributed by atoms with van der Waals surface area (Å²) in [5.74, 6) is -1.05. The van der Waals surface area contributed by atoms with Crippen molar-refractivity contribution in [2.24, 2.45) is 0 Å². The van der Waals surface area contributed by atoms with Crippen molar-refractivity contribution in [3.8, 4) is 0 Å². The first-order valence-corrected chi connectivity index (χ1v) is 7.74. The molecule has 0 fully saturated rings. The van der Waals surface area contributed by atoms with Crippen LogP contribution in [0.5, 0.6) is 0 Å². The number of aliphatic carboxylic acids is 1. The molecule has 0 aliphatic heterocycles. The van der Waals surface area contributed by atoms with E-state index in [1.807, 2.05) is 0 Å². The zero-order valence-electron chi connectivity index (χ0n) is 11.4. The van der Waals surface area contributed by atoms with Crippen LogP contribution in [0.1, 0.15) is 5.56 Å². The molecule has 0 heterocycles. The number of rotatable bonds is 5. The Kier molecular flexibility index (Phi) is 4.47. The minimum Gasteiger partial charge on any atom is -0.478 e. The van der Waals surface area contributed by atoms with E-state index in [4.69, 9.17) is 10.8 Å². The van der Waals surface area contributed by atoms with E-state index < -0.39 is 16.0 Å². The van der Waals surface area contributed by atoms with E-state index in [9.17, 15) is 13.2 Å². The maximum atomic E-state index is 12.2. The van der Waals surface area contributed by atoms with Crippen LogP contribution in [-0.4, -0.2) is 19.5 Å². The second kappa shape index (κ2) is 6.31. The van der Waals surface area contributed by atoms with Crippen LogP contribution < -0.4 is 10.5 Å². The number of carboxylic acids is 1. The normalized spacial score (nSPS) is 11.5. The smallest absolute Gasteiger partial charge is 0.328 e. The molecule has 0 saturated carbocycles. The lowest BCUT2D eigenvalue weighted by molar-refractivity contribution is -0.131. The summed E-state index contributed by atoms with van der Waals surface area (Å²) in [5.41, 5.74) is 7.04. The molecular formula is C15H14N2O4S. The Bertz CT molecular complexity index is 794. The number of sulfonamides is 1. The summed E-state index contributed by atoms with van der Waals surface area (Å²) in [6, 6.07) is 12.2. The molecule has 0 unspecified atom stereocenters. The van der Waals surface area contributed by atoms with Gasteiger partial charge in [-0.05, 0) is 48.0 Å². The van der Waals surface area contributed by atoms with Crippen LogP contribution in [0, 0.1) is 0 Å². The van der Waals surface area contributed by atoms with E-state index in [0.717, 1.165) is 6.08 Å². The highest BCUT2D eigenvalue weighted by Gasteiger charge is 2.13. The van der Waals surface area contributed by atoms with Crippen molar-refractivity contribution >= 4 is 33.4 Å². The van der Waals surface area contributed by atoms with Crippen LogP contribution in [0.25, 0.3) is 6.08 Å². The number of hydrogen-bond acceptors (Lipinski definition) is 4. The summed E-state index contributed by atoms with van der Waals surface area (Å²) in [7, 11) is -3.69. The van der Waals surface area contributed by atoms with Gasteiger partial charge in [-0.25, -0.2) is 13.2 Å². The molecule has 0 aliphatic rings. The van der Waals surface area contributed by atoms with Crippen LogP contribution in [0.15, 0.2) is 59.5 Å². The summed E-state index contributed by atoms with van der Waals surface area (Å²) in [6.45, 7) is 0. The van der Waals surface area contributed by atoms with Gasteiger partial charge in [-0.1, -0.05) is 12.1 Å². The van der Waals surface area contributed by atoms with Crippen molar-refractivity contribution in [1.29, 1.82) is 0 Å². The topological polar surface area (TPSA) is 109 Å². The molecule has 2 aromatic rings. The average molecular weight is 318 g/mol. The lowest BCUT2D eigenvalue weighted by Gasteiger charge is -2.08. The van der Waals surface area contributed by atoms with Gasteiger partial charge in [0.05, 0.1) is 4.90 Å². The van der Waals surface area contributed by atoms with Gasteiger partial charge in [0.15, 0.2) is 0 Å². The number of carboxylic acid groups (broad SMARTS) is 1. The van der Waals surface area contributed by atoms with Gasteiger partial charge in [0.1, 0.15) is 0 Å². The van der Waals surface area contributed by atoms with Crippen molar-refractivity contribution in [3.63, 3.8) is 0 Å². The molecule has 0 atom stereocenters. The average Bonchev–Trinajstić information content (AvgIpc) is 2.46. The van der Waals surface area contributed by atoms with Crippen LogP contribution in [-0.2, 0) is 14.8 Å². The summed E-state index contributed by atoms with van der Waals surface area (Å²) in [5, 5.41) is 8.54. The first-order chi connectivity index (χ1) is 10.4. The number of benzene rings is 2. The SMILES string of the molecule is Nc1ccc(S(=O)(=O)Nc2ccc(/C=C/C(=O)O)cc2)cc1. The Labute approximate surface area is 128 Å². The molecule has 0 aliphatic carbocycles. The highest BCUT2D eigenvalue weighted by Crippen LogP contribution is 2.18. The van der Waals surface area contributed by atoms with Crippen molar-refractivity contribution in [2.75, 3.05) is 10.5 Å². The maximum Gasteiger partial charge on any atom is 0.328 e. The predicted molar refractivity (Wildman–Crippen MR) is 84.8 cm³/mol. The lowest BCUT2D eigenvalue weighted by Crippen LogP contribution is -2.12. The van der Waals surface area contributed by atoms with Gasteiger partial charge >= 0.3 is 5.97 Å². The largest absolute Gasteiger partial charge is 0.478 e. The van der Waals surface area contributed by atoms with Crippen LogP contribution >= 0.6 is 0 Å². The first-order valence-electron chi connectivity index (χ1n) is 6.26. The molecule has 2 aromatic carbocycles. The van der Waals surface area contributed by atoms with Gasteiger partial charge in [0.25, 0.3) is 10.0 Å². The van der Waals surface area contributed by atoms with Crippen molar-refractivity contribution < 1.29 is 18.3 Å². The molecule has 6 nitrogen and oxygen atoms in total. The minimum absolute atomic E-state index is 0.108. The molecule has 0 amide bonds. The van der Waals surface area contributed by atoms with Gasteiger partial charge in [-0.3, -0.25) is 4.72 Å². The number of carbonyl (C=O) groups is 1. The number of nitrogens with one attached hydrogen (secondary N) is 1. The second-order valence-electron chi connectivity index (χ2n) is 4.47. The monoisotopic (exact) mass is 318 g/mol. The maximum absolute atomic E-state index is 12.2. The zero-order valence-corrected chi connectivity index (χ0v) is 12.2. The molecule has 0 aromatic heterocycles. The minimum atomic E-state index is -3.69. The molecule has 7 heteroatoms. The van der Waals surface area contributed by atoms with Crippen molar-refractivity contribution in [1.82, 2.24) is 0 Å². The van der Waals surface area contributed by atoms with Crippen LogP contribution in [0.3, 0.4) is 0 Å². The van der Waals surface area contributed by atoms with E-state index in [1.165, 1.54) is 30.3 Å². The van der Waals surface area contributed by atoms with Crippen molar-refractivity contribution in [3.05, 3.63) is 60.2 Å². The van der Waals surface area contributed by atoms with E-state index in [2.05, 4.69) is 4.72 Å². The number of anilines is 2. The van der Waals surface area contributed by atoms with Crippen LogP contribution in [0.2, 0.25) is 0 Å². The molecule has 4 N–H and O–H groups in total. The molecule has 2 rings (SSSR count). The highest BCUT2D eigenvalue weighted by atomic mass is 32.2. The Balaban J connectivity index is 2.16. The first kappa shape index (κ1) is 15.6. The van der Waals surface area contributed by atoms with Crippen molar-refractivity contribution in [2.45, 2.75) is 4.90 Å². The van der Waals surface area contributed by atoms with Crippen LogP contribution in [0.4, 0.5) is 11.4 Å². The Morgan fingerprint density at radius 2 is 1.64 bits per heavy atom. The number of hydrogen-bond donors (Lipinski definition) is 3. The fourth-order valence-corrected chi connectivity index (χ4v) is 2.75. The summed E-state index contributed by atoms with van der Waals surface area (Å²) < 4.78 is 26.8. The van der Waals surface area contributed by atoms with Gasteiger partial charge in [0, 0.05) is 17.5 Å². The third-order valence-electron chi connectivity index (χ3n) is 2.77. The van der Waals surface area contributed by atoms with E-state index in [1.54, 1.807) is 24.3 Å². The Morgan fingerprint density at radius 3 is 2.18 bits per heavy atom. The quantitative estimate of drug-likeness (QED) is 0.578. The molecule has 0 bridgehead atoms. The summed E-state index contributed by atoms with van der Waals surface area (Å²) >= 11 is 0. The molecule has 0 saturated heterocycles. The standard InChI is InChI=1S/C15H14N2O4S/c16-12-4-8-14(9-5-12)22(20,21)17-13-6-1-11(2-7-13)3-10-15(18)19/h1-10,17H,16H2,(H,18,19)/b10-3+. The molecule has 22 heavy (non-hydrogen) atoms. The predicted octanol–water partition coefficient (Wildman–Crippen LogP) is 2.17. The van der Waals surface area contributed by atoms with E-state index >= 15 is 0 Å². The third kappa shape index (κ3) is 4.10. The molecular weight excluding hydrogens is 304 g/mol. The molecule has 0 spiro atoms.